The van der Waals surface area contributed by atoms with Crippen LogP contribution in [0.25, 0.3) is 0 Å². The maximum atomic E-state index is 12.6. The van der Waals surface area contributed by atoms with Crippen LogP contribution in [0.5, 0.6) is 5.75 Å². The molecular weight excluding hydrogens is 296 g/mol. The molecule has 0 aromatic heterocycles. The molecule has 1 aromatic carbocycles. The zero-order chi connectivity index (χ0) is 15.8. The molecule has 1 unspecified atom stereocenters. The molecule has 116 valence electrons. The standard InChI is InChI=1S/C13H18N2O5S/c1-9-8-15(6-5-14(9)2)21(19,20)10-3-4-12(16)11(7-10)13(17)18/h3-4,7,9,16H,5-6,8H2,1-2H3,(H,17,18). The van der Waals surface area contributed by atoms with Gasteiger partial charge in [0.05, 0.1) is 4.90 Å². The monoisotopic (exact) mass is 314 g/mol. The lowest BCUT2D eigenvalue weighted by molar-refractivity contribution is 0.0693. The van der Waals surface area contributed by atoms with E-state index in [1.54, 1.807) is 0 Å². The number of benzene rings is 1. The lowest BCUT2D eigenvalue weighted by atomic mass is 10.2. The van der Waals surface area contributed by atoms with Crippen molar-refractivity contribution in [3.63, 3.8) is 0 Å². The van der Waals surface area contributed by atoms with E-state index in [4.69, 9.17) is 5.11 Å². The quantitative estimate of drug-likeness (QED) is 0.839. The van der Waals surface area contributed by atoms with E-state index < -0.39 is 27.3 Å². The number of aromatic hydroxyl groups is 1. The highest BCUT2D eigenvalue weighted by molar-refractivity contribution is 7.89. The van der Waals surface area contributed by atoms with E-state index in [-0.39, 0.29) is 10.9 Å². The first-order valence-electron chi connectivity index (χ1n) is 6.50. The molecule has 2 N–H and O–H groups in total. The van der Waals surface area contributed by atoms with Gasteiger partial charge in [-0.3, -0.25) is 0 Å². The first-order valence-corrected chi connectivity index (χ1v) is 7.94. The highest BCUT2D eigenvalue weighted by Gasteiger charge is 2.31. The molecule has 1 atom stereocenters. The van der Waals surface area contributed by atoms with Gasteiger partial charge in [0.1, 0.15) is 11.3 Å². The van der Waals surface area contributed by atoms with Crippen molar-refractivity contribution in [2.24, 2.45) is 0 Å². The van der Waals surface area contributed by atoms with Crippen LogP contribution in [0, 0.1) is 0 Å². The molecule has 0 bridgehead atoms. The first kappa shape index (κ1) is 15.7. The van der Waals surface area contributed by atoms with Crippen LogP contribution in [0.2, 0.25) is 0 Å². The smallest absolute Gasteiger partial charge is 0.339 e. The number of sulfonamides is 1. The van der Waals surface area contributed by atoms with Crippen molar-refractivity contribution in [1.29, 1.82) is 0 Å². The summed E-state index contributed by atoms with van der Waals surface area (Å²) in [5.74, 6) is -1.82. The van der Waals surface area contributed by atoms with E-state index in [9.17, 15) is 18.3 Å². The molecule has 1 aliphatic rings. The SMILES string of the molecule is CC1CN(S(=O)(=O)c2ccc(O)c(C(=O)O)c2)CCN1C. The molecule has 7 nitrogen and oxygen atoms in total. The van der Waals surface area contributed by atoms with Crippen LogP contribution < -0.4 is 0 Å². The predicted octanol–water partition coefficient (Wildman–Crippen LogP) is 0.415. The normalized spacial score (nSPS) is 21.3. The van der Waals surface area contributed by atoms with E-state index >= 15 is 0 Å². The van der Waals surface area contributed by atoms with Gasteiger partial charge < -0.3 is 15.1 Å². The number of hydrogen-bond acceptors (Lipinski definition) is 5. The summed E-state index contributed by atoms with van der Waals surface area (Å²) in [7, 11) is -1.83. The van der Waals surface area contributed by atoms with Crippen LogP contribution >= 0.6 is 0 Å². The van der Waals surface area contributed by atoms with Gasteiger partial charge in [-0.25, -0.2) is 13.2 Å². The average Bonchev–Trinajstić information content (AvgIpc) is 2.41. The van der Waals surface area contributed by atoms with Crippen LogP contribution in [0.4, 0.5) is 0 Å². The van der Waals surface area contributed by atoms with Crippen molar-refractivity contribution in [2.75, 3.05) is 26.7 Å². The maximum Gasteiger partial charge on any atom is 0.339 e. The molecule has 1 heterocycles. The van der Waals surface area contributed by atoms with Crippen LogP contribution in [0.1, 0.15) is 17.3 Å². The minimum atomic E-state index is -3.76. The zero-order valence-corrected chi connectivity index (χ0v) is 12.7. The summed E-state index contributed by atoms with van der Waals surface area (Å²) in [6.07, 6.45) is 0. The van der Waals surface area contributed by atoms with E-state index in [1.165, 1.54) is 10.4 Å². The fraction of sp³-hybridized carbons (Fsp3) is 0.462. The fourth-order valence-electron chi connectivity index (χ4n) is 2.23. The molecule has 0 aliphatic carbocycles. The van der Waals surface area contributed by atoms with Crippen LogP contribution in [0.15, 0.2) is 23.1 Å². The van der Waals surface area contributed by atoms with Gasteiger partial charge in [-0.2, -0.15) is 4.31 Å². The van der Waals surface area contributed by atoms with Crippen molar-refractivity contribution in [3.05, 3.63) is 23.8 Å². The number of likely N-dealkylation sites (N-methyl/N-ethyl adjacent to an activating group) is 1. The van der Waals surface area contributed by atoms with Crippen molar-refractivity contribution in [3.8, 4) is 5.75 Å². The maximum absolute atomic E-state index is 12.6. The Morgan fingerprint density at radius 1 is 1.33 bits per heavy atom. The number of aromatic carboxylic acids is 1. The highest BCUT2D eigenvalue weighted by atomic mass is 32.2. The van der Waals surface area contributed by atoms with Crippen molar-refractivity contribution in [2.45, 2.75) is 17.9 Å². The average molecular weight is 314 g/mol. The Morgan fingerprint density at radius 3 is 2.57 bits per heavy atom. The second kappa shape index (κ2) is 5.63. The van der Waals surface area contributed by atoms with Crippen LogP contribution in [-0.4, -0.2) is 66.5 Å². The predicted molar refractivity (Wildman–Crippen MR) is 75.9 cm³/mol. The van der Waals surface area contributed by atoms with Crippen LogP contribution in [0.3, 0.4) is 0 Å². The summed E-state index contributed by atoms with van der Waals surface area (Å²) in [4.78, 5) is 12.9. The van der Waals surface area contributed by atoms with Gasteiger partial charge in [-0.05, 0) is 32.2 Å². The first-order chi connectivity index (χ1) is 9.73. The number of carbonyl (C=O) groups is 1. The van der Waals surface area contributed by atoms with Gasteiger partial charge in [0, 0.05) is 25.7 Å². The summed E-state index contributed by atoms with van der Waals surface area (Å²) >= 11 is 0. The Morgan fingerprint density at radius 2 is 2.00 bits per heavy atom. The molecule has 0 saturated carbocycles. The second-order valence-corrected chi connectivity index (χ2v) is 7.11. The summed E-state index contributed by atoms with van der Waals surface area (Å²) < 4.78 is 26.5. The van der Waals surface area contributed by atoms with Crippen molar-refractivity contribution < 1.29 is 23.4 Å². The summed E-state index contributed by atoms with van der Waals surface area (Å²) in [6, 6.07) is 3.40. The molecule has 0 amide bonds. The Bertz CT molecular complexity index is 659. The highest BCUT2D eigenvalue weighted by Crippen LogP contribution is 2.25. The van der Waals surface area contributed by atoms with Gasteiger partial charge in [0.25, 0.3) is 0 Å². The lowest BCUT2D eigenvalue weighted by Crippen LogP contribution is -2.51. The lowest BCUT2D eigenvalue weighted by Gasteiger charge is -2.36. The van der Waals surface area contributed by atoms with E-state index in [2.05, 4.69) is 4.90 Å². The Labute approximate surface area is 123 Å². The number of hydrogen-bond donors (Lipinski definition) is 2. The van der Waals surface area contributed by atoms with Gasteiger partial charge in [-0.1, -0.05) is 0 Å². The third kappa shape index (κ3) is 3.02. The minimum Gasteiger partial charge on any atom is -0.507 e. The van der Waals surface area contributed by atoms with E-state index in [1.807, 2.05) is 14.0 Å². The molecule has 1 aromatic rings. The number of carboxylic acid groups (broad SMARTS) is 1. The zero-order valence-electron chi connectivity index (χ0n) is 11.9. The van der Waals surface area contributed by atoms with E-state index in [0.717, 1.165) is 12.1 Å². The summed E-state index contributed by atoms with van der Waals surface area (Å²) in [5, 5.41) is 18.4. The Balaban J connectivity index is 2.36. The molecule has 1 aliphatic heterocycles. The third-order valence-electron chi connectivity index (χ3n) is 3.76. The number of piperazine rings is 1. The molecule has 0 spiro atoms. The second-order valence-electron chi connectivity index (χ2n) is 5.18. The van der Waals surface area contributed by atoms with Gasteiger partial charge in [-0.15, -0.1) is 0 Å². The van der Waals surface area contributed by atoms with Gasteiger partial charge in [0.15, 0.2) is 0 Å². The van der Waals surface area contributed by atoms with Crippen LogP contribution in [-0.2, 0) is 10.0 Å². The number of phenols is 1. The van der Waals surface area contributed by atoms with Gasteiger partial charge >= 0.3 is 5.97 Å². The molecule has 0 radical (unpaired) electrons. The molecule has 1 fully saturated rings. The molecule has 8 heteroatoms. The third-order valence-corrected chi connectivity index (χ3v) is 5.62. The van der Waals surface area contributed by atoms with Crippen molar-refractivity contribution in [1.82, 2.24) is 9.21 Å². The number of carboxylic acids is 1. The summed E-state index contributed by atoms with van der Waals surface area (Å²) in [5.41, 5.74) is -0.418. The largest absolute Gasteiger partial charge is 0.507 e. The fourth-order valence-corrected chi connectivity index (χ4v) is 3.77. The Kier molecular flexibility index (Phi) is 4.22. The number of nitrogens with zero attached hydrogens (tertiary/aromatic N) is 2. The molecular formula is C13H18N2O5S. The van der Waals surface area contributed by atoms with Crippen molar-refractivity contribution >= 4 is 16.0 Å². The molecule has 21 heavy (non-hydrogen) atoms. The van der Waals surface area contributed by atoms with E-state index in [0.29, 0.717) is 19.6 Å². The topological polar surface area (TPSA) is 98.2 Å². The molecule has 2 rings (SSSR count). The summed E-state index contributed by atoms with van der Waals surface area (Å²) in [6.45, 7) is 3.25. The Hall–Kier alpha value is -1.64. The minimum absolute atomic E-state index is 0.0876. The molecule has 1 saturated heterocycles. The number of rotatable bonds is 3. The van der Waals surface area contributed by atoms with Gasteiger partial charge in [0.2, 0.25) is 10.0 Å².